The molecule has 0 aliphatic heterocycles. The Balaban J connectivity index is 2.33. The van der Waals surface area contributed by atoms with Gasteiger partial charge in [0.15, 0.2) is 5.65 Å². The molecule has 0 saturated carbocycles. The number of nitrogen functional groups attached to an aromatic ring is 1. The minimum atomic E-state index is 0.199. The number of nitriles is 1. The van der Waals surface area contributed by atoms with Gasteiger partial charge in [0.05, 0.1) is 39.1 Å². The maximum Gasteiger partial charge on any atom is 0.164 e. The van der Waals surface area contributed by atoms with Crippen LogP contribution in [-0.2, 0) is 0 Å². The number of benzene rings is 1. The Morgan fingerprint density at radius 2 is 2.09 bits per heavy atom. The molecule has 5 nitrogen and oxygen atoms in total. The van der Waals surface area contributed by atoms with Crippen molar-refractivity contribution in [3.8, 4) is 11.8 Å². The molecule has 3 rings (SSSR count). The number of hydrogen-bond acceptors (Lipinski definition) is 4. The Bertz CT molecular complexity index is 905. The largest absolute Gasteiger partial charge is 0.397 e. The molecule has 2 heterocycles. The number of halogens is 1. The van der Waals surface area contributed by atoms with Crippen LogP contribution in [-0.4, -0.2) is 14.8 Å². The Morgan fingerprint density at radius 3 is 2.73 bits per heavy atom. The number of nitrogens with two attached hydrogens (primary N) is 1. The van der Waals surface area contributed by atoms with Crippen LogP contribution in [0.2, 0.25) is 5.02 Å². The number of aromatic nitrogens is 3. The van der Waals surface area contributed by atoms with E-state index in [2.05, 4.69) is 30.0 Å². The smallest absolute Gasteiger partial charge is 0.164 e. The van der Waals surface area contributed by atoms with Gasteiger partial charge in [0.2, 0.25) is 0 Å². The molecule has 0 spiro atoms. The maximum atomic E-state index is 8.95. The lowest BCUT2D eigenvalue weighted by Gasteiger charge is -2.07. The highest BCUT2D eigenvalue weighted by Crippen LogP contribution is 2.32. The van der Waals surface area contributed by atoms with Gasteiger partial charge in [0.1, 0.15) is 0 Å². The summed E-state index contributed by atoms with van der Waals surface area (Å²) in [7, 11) is 0. The molecular formula is C16H14ClN5. The standard InChI is InChI=1S/C16H14ClN5/c1-9(2)15-14-11(17)5-6-20-16(14)22(21-15)13-4-3-10(8-18)7-12(13)19/h3-7,9H,19H2,1-2H3. The molecular weight excluding hydrogens is 298 g/mol. The van der Waals surface area contributed by atoms with E-state index in [4.69, 9.17) is 22.6 Å². The third-order valence-electron chi connectivity index (χ3n) is 3.48. The second-order valence-electron chi connectivity index (χ2n) is 5.33. The van der Waals surface area contributed by atoms with Crippen LogP contribution in [0.25, 0.3) is 16.7 Å². The summed E-state index contributed by atoms with van der Waals surface area (Å²) in [6.07, 6.45) is 1.65. The first kappa shape index (κ1) is 14.4. The predicted molar refractivity (Wildman–Crippen MR) is 87.1 cm³/mol. The van der Waals surface area contributed by atoms with Gasteiger partial charge in [-0.2, -0.15) is 10.4 Å². The van der Waals surface area contributed by atoms with Crippen molar-refractivity contribution in [2.45, 2.75) is 19.8 Å². The van der Waals surface area contributed by atoms with Gasteiger partial charge in [-0.3, -0.25) is 0 Å². The third kappa shape index (κ3) is 2.18. The van der Waals surface area contributed by atoms with Crippen LogP contribution in [0.15, 0.2) is 30.5 Å². The Labute approximate surface area is 132 Å². The number of fused-ring (bicyclic) bond motifs is 1. The van der Waals surface area contributed by atoms with Crippen LogP contribution in [0, 0.1) is 11.3 Å². The summed E-state index contributed by atoms with van der Waals surface area (Å²) in [5.74, 6) is 0.199. The van der Waals surface area contributed by atoms with Crippen LogP contribution in [0.4, 0.5) is 5.69 Å². The molecule has 2 aromatic heterocycles. The summed E-state index contributed by atoms with van der Waals surface area (Å²) >= 11 is 6.33. The molecule has 0 radical (unpaired) electrons. The second-order valence-corrected chi connectivity index (χ2v) is 5.74. The van der Waals surface area contributed by atoms with Gasteiger partial charge < -0.3 is 5.73 Å². The molecule has 0 saturated heterocycles. The lowest BCUT2D eigenvalue weighted by molar-refractivity contribution is 0.777. The summed E-state index contributed by atoms with van der Waals surface area (Å²) < 4.78 is 1.69. The lowest BCUT2D eigenvalue weighted by Crippen LogP contribution is -2.03. The fourth-order valence-electron chi connectivity index (χ4n) is 2.42. The summed E-state index contributed by atoms with van der Waals surface area (Å²) in [5, 5.41) is 15.0. The molecule has 22 heavy (non-hydrogen) atoms. The summed E-state index contributed by atoms with van der Waals surface area (Å²) in [4.78, 5) is 4.40. The van der Waals surface area contributed by atoms with E-state index in [9.17, 15) is 0 Å². The highest BCUT2D eigenvalue weighted by Gasteiger charge is 2.19. The molecule has 110 valence electrons. The van der Waals surface area contributed by atoms with E-state index in [1.54, 1.807) is 35.1 Å². The van der Waals surface area contributed by atoms with Crippen LogP contribution in [0.5, 0.6) is 0 Å². The normalized spacial score (nSPS) is 11.0. The van der Waals surface area contributed by atoms with E-state index in [0.29, 0.717) is 27.6 Å². The number of pyridine rings is 1. The minimum Gasteiger partial charge on any atom is -0.397 e. The molecule has 0 fully saturated rings. The third-order valence-corrected chi connectivity index (χ3v) is 3.79. The highest BCUT2D eigenvalue weighted by molar-refractivity contribution is 6.35. The van der Waals surface area contributed by atoms with Gasteiger partial charge in [-0.15, -0.1) is 0 Å². The minimum absolute atomic E-state index is 0.199. The predicted octanol–water partition coefficient (Wildman–Crippen LogP) is 3.65. The zero-order chi connectivity index (χ0) is 15.9. The Morgan fingerprint density at radius 1 is 1.32 bits per heavy atom. The van der Waals surface area contributed by atoms with E-state index in [1.165, 1.54) is 0 Å². The van der Waals surface area contributed by atoms with Crippen molar-refractivity contribution in [2.24, 2.45) is 0 Å². The second kappa shape index (κ2) is 5.32. The monoisotopic (exact) mass is 311 g/mol. The number of rotatable bonds is 2. The first-order valence-corrected chi connectivity index (χ1v) is 7.24. The van der Waals surface area contributed by atoms with E-state index in [1.807, 2.05) is 0 Å². The van der Waals surface area contributed by atoms with Crippen LogP contribution in [0.3, 0.4) is 0 Å². The van der Waals surface area contributed by atoms with Gasteiger partial charge in [-0.05, 0) is 30.2 Å². The van der Waals surface area contributed by atoms with Crippen molar-refractivity contribution in [1.29, 1.82) is 5.26 Å². The number of anilines is 1. The van der Waals surface area contributed by atoms with Crippen LogP contribution >= 0.6 is 11.6 Å². The first-order chi connectivity index (χ1) is 10.5. The number of nitrogens with zero attached hydrogens (tertiary/aromatic N) is 4. The van der Waals surface area contributed by atoms with Crippen LogP contribution in [0.1, 0.15) is 31.0 Å². The maximum absolute atomic E-state index is 8.95. The molecule has 6 heteroatoms. The summed E-state index contributed by atoms with van der Waals surface area (Å²) in [5.41, 5.74) is 9.27. The topological polar surface area (TPSA) is 80.5 Å². The summed E-state index contributed by atoms with van der Waals surface area (Å²) in [6.45, 7) is 4.11. The van der Waals surface area contributed by atoms with Crippen molar-refractivity contribution >= 4 is 28.3 Å². The molecule has 2 N–H and O–H groups in total. The van der Waals surface area contributed by atoms with Crippen molar-refractivity contribution in [3.63, 3.8) is 0 Å². The molecule has 0 unspecified atom stereocenters. The molecule has 0 atom stereocenters. The van der Waals surface area contributed by atoms with E-state index < -0.39 is 0 Å². The molecule has 3 aromatic rings. The van der Waals surface area contributed by atoms with E-state index >= 15 is 0 Å². The van der Waals surface area contributed by atoms with Crippen LogP contribution < -0.4 is 5.73 Å². The molecule has 0 aliphatic carbocycles. The zero-order valence-electron chi connectivity index (χ0n) is 12.2. The van der Waals surface area contributed by atoms with Crippen molar-refractivity contribution < 1.29 is 0 Å². The molecule has 0 aliphatic rings. The lowest BCUT2D eigenvalue weighted by atomic mass is 10.1. The van der Waals surface area contributed by atoms with E-state index in [-0.39, 0.29) is 5.92 Å². The fraction of sp³-hybridized carbons (Fsp3) is 0.188. The highest BCUT2D eigenvalue weighted by atomic mass is 35.5. The van der Waals surface area contributed by atoms with Crippen molar-refractivity contribution in [2.75, 3.05) is 5.73 Å². The van der Waals surface area contributed by atoms with E-state index in [0.717, 1.165) is 11.1 Å². The molecule has 0 amide bonds. The van der Waals surface area contributed by atoms with Gasteiger partial charge in [0.25, 0.3) is 0 Å². The fourth-order valence-corrected chi connectivity index (χ4v) is 2.66. The summed E-state index contributed by atoms with van der Waals surface area (Å²) in [6, 6.07) is 8.93. The van der Waals surface area contributed by atoms with Gasteiger partial charge >= 0.3 is 0 Å². The van der Waals surface area contributed by atoms with Gasteiger partial charge in [-0.1, -0.05) is 25.4 Å². The SMILES string of the molecule is CC(C)c1nn(-c2ccc(C#N)cc2N)c2nccc(Cl)c12. The quantitative estimate of drug-likeness (QED) is 0.732. The van der Waals surface area contributed by atoms with Gasteiger partial charge in [0, 0.05) is 6.20 Å². The molecule has 1 aromatic carbocycles. The Kier molecular flexibility index (Phi) is 3.47. The zero-order valence-corrected chi connectivity index (χ0v) is 13.0. The average molecular weight is 312 g/mol. The first-order valence-electron chi connectivity index (χ1n) is 6.86. The Hall–Kier alpha value is -2.58. The van der Waals surface area contributed by atoms with Crippen molar-refractivity contribution in [3.05, 3.63) is 46.7 Å². The number of hydrogen-bond donors (Lipinski definition) is 1. The van der Waals surface area contributed by atoms with Crippen molar-refractivity contribution in [1.82, 2.24) is 14.8 Å². The molecule has 0 bridgehead atoms. The average Bonchev–Trinajstić information content (AvgIpc) is 2.88. The van der Waals surface area contributed by atoms with Gasteiger partial charge in [-0.25, -0.2) is 9.67 Å².